The average Bonchev–Trinajstić information content (AvgIpc) is 2.80. The Morgan fingerprint density at radius 1 is 0.935 bits per heavy atom. The standard InChI is InChI=1S/C25H30ClN3O2/c1-18-11-15-29(16-12-18)25(31)22-17-21(9-10-23(22)28-13-3-2-4-14-28)27-24(30)19-5-7-20(26)8-6-19/h5-10,17-18H,2-4,11-16H2,1H3,(H,27,30). The normalized spacial score (nSPS) is 17.5. The molecule has 2 aliphatic heterocycles. The van der Waals surface area contributed by atoms with E-state index >= 15 is 0 Å². The molecule has 0 bridgehead atoms. The van der Waals surface area contributed by atoms with Gasteiger partial charge in [0.2, 0.25) is 0 Å². The molecule has 0 aromatic heterocycles. The molecule has 2 heterocycles. The van der Waals surface area contributed by atoms with Gasteiger partial charge in [0.25, 0.3) is 11.8 Å². The van der Waals surface area contributed by atoms with E-state index in [1.165, 1.54) is 6.42 Å². The molecule has 2 aromatic rings. The fourth-order valence-electron chi connectivity index (χ4n) is 4.38. The Labute approximate surface area is 189 Å². The van der Waals surface area contributed by atoms with Crippen LogP contribution in [0.3, 0.4) is 0 Å². The number of benzene rings is 2. The first-order chi connectivity index (χ1) is 15.0. The maximum Gasteiger partial charge on any atom is 0.256 e. The van der Waals surface area contributed by atoms with Crippen molar-refractivity contribution >= 4 is 34.8 Å². The molecule has 0 spiro atoms. The van der Waals surface area contributed by atoms with Gasteiger partial charge in [0.1, 0.15) is 0 Å². The summed E-state index contributed by atoms with van der Waals surface area (Å²) in [6.07, 6.45) is 5.60. The number of nitrogens with zero attached hydrogens (tertiary/aromatic N) is 2. The van der Waals surface area contributed by atoms with Gasteiger partial charge >= 0.3 is 0 Å². The van der Waals surface area contributed by atoms with Crippen LogP contribution in [0.5, 0.6) is 0 Å². The van der Waals surface area contributed by atoms with Crippen LogP contribution in [0.25, 0.3) is 0 Å². The monoisotopic (exact) mass is 439 g/mol. The van der Waals surface area contributed by atoms with Gasteiger partial charge in [0.05, 0.1) is 5.56 Å². The summed E-state index contributed by atoms with van der Waals surface area (Å²) in [4.78, 5) is 30.4. The highest BCUT2D eigenvalue weighted by Crippen LogP contribution is 2.30. The zero-order valence-corrected chi connectivity index (χ0v) is 18.8. The van der Waals surface area contributed by atoms with Crippen molar-refractivity contribution in [3.63, 3.8) is 0 Å². The Kier molecular flexibility index (Phi) is 6.81. The Morgan fingerprint density at radius 2 is 1.61 bits per heavy atom. The van der Waals surface area contributed by atoms with Gasteiger partial charge in [-0.05, 0) is 80.5 Å². The van der Waals surface area contributed by atoms with Crippen molar-refractivity contribution in [2.45, 2.75) is 39.0 Å². The van der Waals surface area contributed by atoms with Crippen molar-refractivity contribution in [1.29, 1.82) is 0 Å². The van der Waals surface area contributed by atoms with Crippen LogP contribution >= 0.6 is 11.6 Å². The molecule has 0 unspecified atom stereocenters. The Bertz CT molecular complexity index is 930. The summed E-state index contributed by atoms with van der Waals surface area (Å²) in [6, 6.07) is 12.5. The number of hydrogen-bond acceptors (Lipinski definition) is 3. The quantitative estimate of drug-likeness (QED) is 0.688. The van der Waals surface area contributed by atoms with Crippen molar-refractivity contribution in [3.8, 4) is 0 Å². The van der Waals surface area contributed by atoms with Crippen LogP contribution < -0.4 is 10.2 Å². The second kappa shape index (κ2) is 9.73. The number of nitrogens with one attached hydrogen (secondary N) is 1. The van der Waals surface area contributed by atoms with E-state index in [1.807, 2.05) is 23.1 Å². The van der Waals surface area contributed by atoms with E-state index in [9.17, 15) is 9.59 Å². The van der Waals surface area contributed by atoms with Gasteiger partial charge in [-0.25, -0.2) is 0 Å². The first kappa shape index (κ1) is 21.7. The van der Waals surface area contributed by atoms with Gasteiger partial charge in [-0.2, -0.15) is 0 Å². The molecular weight excluding hydrogens is 410 g/mol. The molecule has 0 atom stereocenters. The van der Waals surface area contributed by atoms with E-state index in [-0.39, 0.29) is 11.8 Å². The van der Waals surface area contributed by atoms with Crippen LogP contribution in [0.15, 0.2) is 42.5 Å². The number of likely N-dealkylation sites (tertiary alicyclic amines) is 1. The topological polar surface area (TPSA) is 52.7 Å². The SMILES string of the molecule is CC1CCN(C(=O)c2cc(NC(=O)c3ccc(Cl)cc3)ccc2N2CCCCC2)CC1. The molecule has 2 fully saturated rings. The molecule has 0 saturated carbocycles. The molecule has 4 rings (SSSR count). The third-order valence-electron chi connectivity index (χ3n) is 6.36. The molecule has 2 aromatic carbocycles. The van der Waals surface area contributed by atoms with Crippen molar-refractivity contribution in [2.75, 3.05) is 36.4 Å². The molecule has 0 radical (unpaired) electrons. The highest BCUT2D eigenvalue weighted by atomic mass is 35.5. The maximum absolute atomic E-state index is 13.5. The zero-order chi connectivity index (χ0) is 21.8. The average molecular weight is 440 g/mol. The number of piperidine rings is 2. The molecule has 5 nitrogen and oxygen atoms in total. The Balaban J connectivity index is 1.60. The van der Waals surface area contributed by atoms with Gasteiger partial charge < -0.3 is 15.1 Å². The molecular formula is C25H30ClN3O2. The summed E-state index contributed by atoms with van der Waals surface area (Å²) in [5, 5.41) is 3.53. The van der Waals surface area contributed by atoms with Crippen molar-refractivity contribution in [1.82, 2.24) is 4.90 Å². The predicted molar refractivity (Wildman–Crippen MR) is 126 cm³/mol. The Hall–Kier alpha value is -2.53. The summed E-state index contributed by atoms with van der Waals surface area (Å²) < 4.78 is 0. The lowest BCUT2D eigenvalue weighted by atomic mass is 9.98. The van der Waals surface area contributed by atoms with Gasteiger partial charge in [0.15, 0.2) is 0 Å². The lowest BCUT2D eigenvalue weighted by molar-refractivity contribution is 0.0697. The van der Waals surface area contributed by atoms with E-state index in [4.69, 9.17) is 11.6 Å². The predicted octanol–water partition coefficient (Wildman–Crippen LogP) is 5.45. The second-order valence-electron chi connectivity index (χ2n) is 8.72. The number of amides is 2. The van der Waals surface area contributed by atoms with Crippen molar-refractivity contribution < 1.29 is 9.59 Å². The molecule has 2 amide bonds. The minimum atomic E-state index is -0.215. The highest BCUT2D eigenvalue weighted by Gasteiger charge is 2.26. The molecule has 0 aliphatic carbocycles. The summed E-state index contributed by atoms with van der Waals surface area (Å²) in [5.41, 5.74) is 2.83. The third kappa shape index (κ3) is 5.21. The minimum absolute atomic E-state index is 0.0649. The van der Waals surface area contributed by atoms with Crippen LogP contribution in [0, 0.1) is 5.92 Å². The molecule has 2 aliphatic rings. The van der Waals surface area contributed by atoms with Crippen LogP contribution in [-0.4, -0.2) is 42.9 Å². The van der Waals surface area contributed by atoms with E-state index in [1.54, 1.807) is 24.3 Å². The van der Waals surface area contributed by atoms with Gasteiger partial charge in [-0.3, -0.25) is 9.59 Å². The molecule has 1 N–H and O–H groups in total. The number of carbonyl (C=O) groups excluding carboxylic acids is 2. The van der Waals surface area contributed by atoms with E-state index in [2.05, 4.69) is 17.1 Å². The highest BCUT2D eigenvalue weighted by molar-refractivity contribution is 6.30. The number of anilines is 2. The smallest absolute Gasteiger partial charge is 0.256 e. The molecule has 6 heteroatoms. The molecule has 31 heavy (non-hydrogen) atoms. The maximum atomic E-state index is 13.5. The number of hydrogen-bond donors (Lipinski definition) is 1. The van der Waals surface area contributed by atoms with Gasteiger partial charge in [-0.1, -0.05) is 18.5 Å². The van der Waals surface area contributed by atoms with Gasteiger partial charge in [-0.15, -0.1) is 0 Å². The van der Waals surface area contributed by atoms with Crippen LogP contribution in [0.2, 0.25) is 5.02 Å². The zero-order valence-electron chi connectivity index (χ0n) is 18.1. The third-order valence-corrected chi connectivity index (χ3v) is 6.61. The number of halogens is 1. The van der Waals surface area contributed by atoms with E-state index in [0.29, 0.717) is 27.8 Å². The summed E-state index contributed by atoms with van der Waals surface area (Å²) in [6.45, 7) is 5.76. The summed E-state index contributed by atoms with van der Waals surface area (Å²) >= 11 is 5.93. The largest absolute Gasteiger partial charge is 0.371 e. The fourth-order valence-corrected chi connectivity index (χ4v) is 4.51. The number of rotatable bonds is 4. The first-order valence-electron chi connectivity index (χ1n) is 11.3. The summed E-state index contributed by atoms with van der Waals surface area (Å²) in [5.74, 6) is 0.512. The fraction of sp³-hybridized carbons (Fsp3) is 0.440. The van der Waals surface area contributed by atoms with E-state index in [0.717, 1.165) is 57.5 Å². The van der Waals surface area contributed by atoms with Crippen molar-refractivity contribution in [3.05, 3.63) is 58.6 Å². The van der Waals surface area contributed by atoms with Crippen molar-refractivity contribution in [2.24, 2.45) is 5.92 Å². The van der Waals surface area contributed by atoms with Crippen LogP contribution in [0.4, 0.5) is 11.4 Å². The van der Waals surface area contributed by atoms with E-state index < -0.39 is 0 Å². The Morgan fingerprint density at radius 3 is 2.29 bits per heavy atom. The first-order valence-corrected chi connectivity index (χ1v) is 11.6. The lowest BCUT2D eigenvalue weighted by Gasteiger charge is -2.34. The molecule has 164 valence electrons. The van der Waals surface area contributed by atoms with Gasteiger partial charge in [0, 0.05) is 48.1 Å². The molecule has 2 saturated heterocycles. The minimum Gasteiger partial charge on any atom is -0.371 e. The van der Waals surface area contributed by atoms with Crippen LogP contribution in [0.1, 0.15) is 59.7 Å². The number of carbonyl (C=O) groups is 2. The second-order valence-corrected chi connectivity index (χ2v) is 9.15. The summed E-state index contributed by atoms with van der Waals surface area (Å²) in [7, 11) is 0. The lowest BCUT2D eigenvalue weighted by Crippen LogP contribution is -2.39. The van der Waals surface area contributed by atoms with Crippen LogP contribution in [-0.2, 0) is 0 Å².